The Morgan fingerprint density at radius 3 is 1.86 bits per heavy atom. The maximum Gasteiger partial charge on any atom is 0.201 e. The van der Waals surface area contributed by atoms with E-state index in [1.807, 2.05) is 0 Å². The predicted molar refractivity (Wildman–Crippen MR) is 129 cm³/mol. The number of halogens is 6. The molecule has 1 aliphatic heterocycles. The number of hydrogen-bond acceptors (Lipinski definition) is 2. The average Bonchev–Trinajstić information content (AvgIpc) is 2.90. The molecule has 2 nitrogen and oxygen atoms in total. The summed E-state index contributed by atoms with van der Waals surface area (Å²) in [6.45, 7) is 5.88. The van der Waals surface area contributed by atoms with E-state index in [0.29, 0.717) is 13.0 Å². The molecule has 196 valence electrons. The maximum atomic E-state index is 15.0. The van der Waals surface area contributed by atoms with Crippen LogP contribution in [0.15, 0.2) is 49.1 Å². The summed E-state index contributed by atoms with van der Waals surface area (Å²) in [5.41, 5.74) is -1.98. The molecule has 0 aliphatic carbocycles. The summed E-state index contributed by atoms with van der Waals surface area (Å²) >= 11 is 0. The van der Waals surface area contributed by atoms with Crippen molar-refractivity contribution in [1.29, 1.82) is 0 Å². The molecular formula is C29H26F6O2. The second-order valence-electron chi connectivity index (χ2n) is 8.95. The van der Waals surface area contributed by atoms with Gasteiger partial charge in [-0.2, -0.15) is 4.39 Å². The van der Waals surface area contributed by atoms with Crippen molar-refractivity contribution in [2.45, 2.75) is 38.7 Å². The highest BCUT2D eigenvalue weighted by Gasteiger charge is 2.25. The fourth-order valence-corrected chi connectivity index (χ4v) is 4.56. The molecule has 2 unspecified atom stereocenters. The molecule has 1 saturated heterocycles. The molecule has 0 N–H and O–H groups in total. The highest BCUT2D eigenvalue weighted by molar-refractivity contribution is 5.73. The second-order valence-corrected chi connectivity index (χ2v) is 8.95. The van der Waals surface area contributed by atoms with Gasteiger partial charge in [0.25, 0.3) is 0 Å². The second kappa shape index (κ2) is 11.4. The van der Waals surface area contributed by atoms with Crippen molar-refractivity contribution in [2.75, 3.05) is 13.2 Å². The smallest absolute Gasteiger partial charge is 0.201 e. The molecule has 0 bridgehead atoms. The number of hydrogen-bond donors (Lipinski definition) is 0. The summed E-state index contributed by atoms with van der Waals surface area (Å²) in [6, 6.07) is 6.70. The zero-order chi connectivity index (χ0) is 26.7. The molecule has 0 radical (unpaired) electrons. The molecule has 4 rings (SSSR count). The lowest BCUT2D eigenvalue weighted by atomic mass is 9.91. The molecule has 8 heteroatoms. The van der Waals surface area contributed by atoms with Crippen LogP contribution < -0.4 is 4.74 Å². The Bertz CT molecular complexity index is 1300. The van der Waals surface area contributed by atoms with Crippen LogP contribution >= 0.6 is 0 Å². The predicted octanol–water partition coefficient (Wildman–Crippen LogP) is 8.17. The largest absolute Gasteiger partial charge is 0.491 e. The van der Waals surface area contributed by atoms with E-state index in [9.17, 15) is 22.0 Å². The van der Waals surface area contributed by atoms with Crippen LogP contribution in [0, 0.1) is 40.8 Å². The first kappa shape index (κ1) is 26.8. The van der Waals surface area contributed by atoms with E-state index in [-0.39, 0.29) is 36.4 Å². The van der Waals surface area contributed by atoms with Gasteiger partial charge in [0.2, 0.25) is 5.82 Å². The molecule has 0 aromatic heterocycles. The van der Waals surface area contributed by atoms with E-state index in [0.717, 1.165) is 37.1 Å². The number of ether oxygens (including phenoxy) is 2. The van der Waals surface area contributed by atoms with Gasteiger partial charge in [0.05, 0.1) is 19.3 Å². The van der Waals surface area contributed by atoms with E-state index < -0.39 is 57.2 Å². The molecule has 1 fully saturated rings. The third-order valence-electron chi connectivity index (χ3n) is 6.66. The van der Waals surface area contributed by atoms with Crippen molar-refractivity contribution in [3.05, 3.63) is 89.5 Å². The van der Waals surface area contributed by atoms with Crippen LogP contribution in [0.1, 0.15) is 31.7 Å². The van der Waals surface area contributed by atoms with Crippen LogP contribution in [0.3, 0.4) is 0 Å². The number of benzene rings is 3. The van der Waals surface area contributed by atoms with Crippen LogP contribution in [-0.2, 0) is 11.2 Å². The zero-order valence-corrected chi connectivity index (χ0v) is 20.2. The minimum atomic E-state index is -1.51. The van der Waals surface area contributed by atoms with Crippen LogP contribution in [0.25, 0.3) is 22.3 Å². The van der Waals surface area contributed by atoms with Crippen LogP contribution in [-0.4, -0.2) is 19.3 Å². The van der Waals surface area contributed by atoms with Gasteiger partial charge in [-0.1, -0.05) is 30.3 Å². The zero-order valence-electron chi connectivity index (χ0n) is 20.2. The molecular weight excluding hydrogens is 494 g/mol. The first-order valence-corrected chi connectivity index (χ1v) is 12.1. The van der Waals surface area contributed by atoms with Gasteiger partial charge < -0.3 is 9.47 Å². The first-order chi connectivity index (χ1) is 17.8. The van der Waals surface area contributed by atoms with Crippen LogP contribution in [0.4, 0.5) is 26.3 Å². The maximum absolute atomic E-state index is 15.0. The Morgan fingerprint density at radius 1 is 0.784 bits per heavy atom. The minimum Gasteiger partial charge on any atom is -0.491 e. The SMILES string of the molecule is C=CC1CCC(CCc2ccc(-c3ccc(-c4ccc(OCC)c(F)c4F)c(F)c3F)c(F)c2F)CO1. The van der Waals surface area contributed by atoms with Crippen molar-refractivity contribution in [3.8, 4) is 28.0 Å². The van der Waals surface area contributed by atoms with Gasteiger partial charge in [-0.25, -0.2) is 22.0 Å². The van der Waals surface area contributed by atoms with Crippen LogP contribution in [0.5, 0.6) is 5.75 Å². The monoisotopic (exact) mass is 520 g/mol. The van der Waals surface area contributed by atoms with Crippen molar-refractivity contribution < 1.29 is 35.8 Å². The van der Waals surface area contributed by atoms with Gasteiger partial charge in [0, 0.05) is 22.3 Å². The summed E-state index contributed by atoms with van der Waals surface area (Å²) < 4.78 is 99.2. The first-order valence-electron chi connectivity index (χ1n) is 12.1. The van der Waals surface area contributed by atoms with Crippen LogP contribution in [0.2, 0.25) is 0 Å². The summed E-state index contributed by atoms with van der Waals surface area (Å²) in [4.78, 5) is 0. The van der Waals surface area contributed by atoms with Gasteiger partial charge >= 0.3 is 0 Å². The standard InChI is InChI=1S/C29H26F6O2/c1-3-18-9-6-16(15-37-18)5-7-17-8-10-19(25(31)24(17)30)20-11-12-21(27(33)26(20)32)22-13-14-23(36-4-2)29(35)28(22)34/h3,8,10-14,16,18H,1,4-7,9,15H2,2H3. The lowest BCUT2D eigenvalue weighted by molar-refractivity contribution is 0.00880. The Hall–Kier alpha value is -3.26. The summed E-state index contributed by atoms with van der Waals surface area (Å²) in [7, 11) is 0. The van der Waals surface area contributed by atoms with E-state index in [4.69, 9.17) is 9.47 Å². The summed E-state index contributed by atoms with van der Waals surface area (Å²) in [5.74, 6) is -8.39. The Kier molecular flexibility index (Phi) is 8.27. The van der Waals surface area contributed by atoms with Crippen molar-refractivity contribution in [3.63, 3.8) is 0 Å². The lowest BCUT2D eigenvalue weighted by Gasteiger charge is -2.27. The van der Waals surface area contributed by atoms with E-state index in [1.54, 1.807) is 13.0 Å². The quantitative estimate of drug-likeness (QED) is 0.220. The Morgan fingerprint density at radius 2 is 1.32 bits per heavy atom. The molecule has 1 heterocycles. The number of rotatable bonds is 8. The highest BCUT2D eigenvalue weighted by Crippen LogP contribution is 2.37. The van der Waals surface area contributed by atoms with Gasteiger partial charge in [-0.05, 0) is 56.2 Å². The molecule has 0 spiro atoms. The van der Waals surface area contributed by atoms with Crippen molar-refractivity contribution >= 4 is 0 Å². The normalized spacial score (nSPS) is 17.6. The molecule has 0 amide bonds. The van der Waals surface area contributed by atoms with Gasteiger partial charge in [0.1, 0.15) is 0 Å². The van der Waals surface area contributed by atoms with Gasteiger partial charge in [-0.15, -0.1) is 6.58 Å². The van der Waals surface area contributed by atoms with E-state index in [1.165, 1.54) is 12.1 Å². The molecule has 3 aromatic rings. The number of aryl methyl sites for hydroxylation is 1. The highest BCUT2D eigenvalue weighted by atomic mass is 19.2. The fourth-order valence-electron chi connectivity index (χ4n) is 4.56. The van der Waals surface area contributed by atoms with Crippen molar-refractivity contribution in [2.24, 2.45) is 5.92 Å². The fraction of sp³-hybridized carbons (Fsp3) is 0.310. The minimum absolute atomic E-state index is 0.0105. The van der Waals surface area contributed by atoms with Crippen molar-refractivity contribution in [1.82, 2.24) is 0 Å². The summed E-state index contributed by atoms with van der Waals surface area (Å²) in [6.07, 6.45) is 4.30. The topological polar surface area (TPSA) is 18.5 Å². The molecule has 2 atom stereocenters. The summed E-state index contributed by atoms with van der Waals surface area (Å²) in [5, 5.41) is 0. The van der Waals surface area contributed by atoms with Gasteiger partial charge in [0.15, 0.2) is 34.8 Å². The molecule has 1 aliphatic rings. The van der Waals surface area contributed by atoms with E-state index >= 15 is 4.39 Å². The average molecular weight is 521 g/mol. The third kappa shape index (κ3) is 5.39. The molecule has 0 saturated carbocycles. The Balaban J connectivity index is 1.58. The van der Waals surface area contributed by atoms with E-state index in [2.05, 4.69) is 6.58 Å². The van der Waals surface area contributed by atoms with Gasteiger partial charge in [-0.3, -0.25) is 0 Å². The molecule has 3 aromatic carbocycles. The Labute approximate surface area is 211 Å². The molecule has 37 heavy (non-hydrogen) atoms. The third-order valence-corrected chi connectivity index (χ3v) is 6.66. The lowest BCUT2D eigenvalue weighted by Crippen LogP contribution is -2.24.